The van der Waals surface area contributed by atoms with Crippen molar-refractivity contribution in [2.45, 2.75) is 32.5 Å². The van der Waals surface area contributed by atoms with Gasteiger partial charge in [0, 0.05) is 24.8 Å². The van der Waals surface area contributed by atoms with Crippen molar-refractivity contribution in [1.29, 1.82) is 0 Å². The first kappa shape index (κ1) is 21.1. The van der Waals surface area contributed by atoms with E-state index in [1.54, 1.807) is 17.1 Å². The van der Waals surface area contributed by atoms with Gasteiger partial charge in [-0.3, -0.25) is 19.5 Å². The van der Waals surface area contributed by atoms with Gasteiger partial charge in [0.2, 0.25) is 0 Å². The normalized spacial score (nSPS) is 18.6. The molecular formula is C24H20F3N5O. The van der Waals surface area contributed by atoms with Crippen LogP contribution in [0.5, 0.6) is 0 Å². The number of carbonyl (C=O) groups excluding carboxylic acids is 1. The van der Waals surface area contributed by atoms with E-state index in [-0.39, 0.29) is 11.9 Å². The van der Waals surface area contributed by atoms with Crippen molar-refractivity contribution in [2.75, 3.05) is 11.4 Å². The number of hydrogen-bond donors (Lipinski definition) is 0. The van der Waals surface area contributed by atoms with Crippen molar-refractivity contribution in [3.8, 4) is 0 Å². The fourth-order valence-corrected chi connectivity index (χ4v) is 4.26. The molecule has 6 nitrogen and oxygen atoms in total. The van der Waals surface area contributed by atoms with Crippen LogP contribution < -0.4 is 4.90 Å². The van der Waals surface area contributed by atoms with Gasteiger partial charge in [-0.25, -0.2) is 0 Å². The SMILES string of the molecule is CC1=C(c2cnn3c2C(=O)N(c2ccc(C(F)(F)F)cc2)C[C@@H]3C)N=C(c2ccccn2)C1. The Kier molecular flexibility index (Phi) is 4.92. The molecule has 2 aliphatic rings. The fraction of sp³-hybridized carbons (Fsp3) is 0.250. The Morgan fingerprint density at radius 3 is 2.52 bits per heavy atom. The second-order valence-corrected chi connectivity index (χ2v) is 8.24. The van der Waals surface area contributed by atoms with Gasteiger partial charge in [0.15, 0.2) is 0 Å². The van der Waals surface area contributed by atoms with Gasteiger partial charge in [-0.15, -0.1) is 0 Å². The zero-order valence-electron chi connectivity index (χ0n) is 18.0. The second kappa shape index (κ2) is 7.68. The minimum atomic E-state index is -4.43. The predicted octanol–water partition coefficient (Wildman–Crippen LogP) is 5.14. The van der Waals surface area contributed by atoms with E-state index in [1.165, 1.54) is 17.0 Å². The lowest BCUT2D eigenvalue weighted by molar-refractivity contribution is -0.137. The number of rotatable bonds is 3. The highest BCUT2D eigenvalue weighted by atomic mass is 19.4. The largest absolute Gasteiger partial charge is 0.416 e. The van der Waals surface area contributed by atoms with Crippen molar-refractivity contribution in [2.24, 2.45) is 4.99 Å². The van der Waals surface area contributed by atoms with Gasteiger partial charge in [-0.1, -0.05) is 6.07 Å². The lowest BCUT2D eigenvalue weighted by Gasteiger charge is -2.32. The zero-order chi connectivity index (χ0) is 23.3. The fourth-order valence-electron chi connectivity index (χ4n) is 4.26. The van der Waals surface area contributed by atoms with E-state index in [1.807, 2.05) is 32.0 Å². The monoisotopic (exact) mass is 451 g/mol. The molecule has 2 aliphatic heterocycles. The number of aromatic nitrogens is 3. The lowest BCUT2D eigenvalue weighted by atomic mass is 10.0. The summed E-state index contributed by atoms with van der Waals surface area (Å²) in [7, 11) is 0. The molecule has 0 saturated carbocycles. The van der Waals surface area contributed by atoms with Crippen molar-refractivity contribution in [3.05, 3.63) is 82.9 Å². The van der Waals surface area contributed by atoms with Gasteiger partial charge in [-0.2, -0.15) is 18.3 Å². The first-order valence-corrected chi connectivity index (χ1v) is 10.5. The van der Waals surface area contributed by atoms with E-state index in [0.29, 0.717) is 35.6 Å². The van der Waals surface area contributed by atoms with Gasteiger partial charge in [0.05, 0.1) is 40.5 Å². The summed E-state index contributed by atoms with van der Waals surface area (Å²) < 4.78 is 40.5. The van der Waals surface area contributed by atoms with Crippen LogP contribution in [0.25, 0.3) is 5.70 Å². The summed E-state index contributed by atoms with van der Waals surface area (Å²) in [6, 6.07) is 10.1. The Balaban J connectivity index is 1.52. The number of alkyl halides is 3. The highest BCUT2D eigenvalue weighted by Gasteiger charge is 2.36. The van der Waals surface area contributed by atoms with Crippen LogP contribution in [0.4, 0.5) is 18.9 Å². The highest BCUT2D eigenvalue weighted by molar-refractivity contribution is 6.12. The molecule has 0 aliphatic carbocycles. The number of nitrogens with zero attached hydrogens (tertiary/aromatic N) is 5. The van der Waals surface area contributed by atoms with E-state index in [0.717, 1.165) is 29.1 Å². The maximum absolute atomic E-state index is 13.5. The number of pyridine rings is 1. The van der Waals surface area contributed by atoms with Gasteiger partial charge in [0.25, 0.3) is 5.91 Å². The van der Waals surface area contributed by atoms with E-state index in [9.17, 15) is 18.0 Å². The molecule has 0 bridgehead atoms. The number of fused-ring (bicyclic) bond motifs is 1. The summed E-state index contributed by atoms with van der Waals surface area (Å²) in [4.78, 5) is 24.1. The first-order chi connectivity index (χ1) is 15.7. The second-order valence-electron chi connectivity index (χ2n) is 8.24. The number of carbonyl (C=O) groups is 1. The smallest absolute Gasteiger partial charge is 0.305 e. The molecule has 0 N–H and O–H groups in total. The summed E-state index contributed by atoms with van der Waals surface area (Å²) in [6.07, 6.45) is -0.466. The zero-order valence-corrected chi connectivity index (χ0v) is 18.0. The summed E-state index contributed by atoms with van der Waals surface area (Å²) in [5.74, 6) is -0.317. The van der Waals surface area contributed by atoms with Crippen LogP contribution in [0.2, 0.25) is 0 Å². The minimum absolute atomic E-state index is 0.157. The maximum Gasteiger partial charge on any atom is 0.416 e. The molecular weight excluding hydrogens is 431 g/mol. The molecule has 4 heterocycles. The molecule has 3 aromatic rings. The van der Waals surface area contributed by atoms with Crippen LogP contribution in [-0.2, 0) is 6.18 Å². The summed E-state index contributed by atoms with van der Waals surface area (Å²) in [5.41, 5.74) is 3.94. The number of amides is 1. The number of hydrogen-bond acceptors (Lipinski definition) is 4. The number of halogens is 3. The molecule has 168 valence electrons. The maximum atomic E-state index is 13.5. The average molecular weight is 451 g/mol. The van der Waals surface area contributed by atoms with E-state index in [2.05, 4.69) is 10.1 Å². The van der Waals surface area contributed by atoms with Gasteiger partial charge in [0.1, 0.15) is 5.69 Å². The predicted molar refractivity (Wildman–Crippen MR) is 118 cm³/mol. The number of anilines is 1. The molecule has 0 unspecified atom stereocenters. The minimum Gasteiger partial charge on any atom is -0.305 e. The van der Waals surface area contributed by atoms with Crippen LogP contribution in [0.1, 0.15) is 53.6 Å². The van der Waals surface area contributed by atoms with Crippen molar-refractivity contribution < 1.29 is 18.0 Å². The van der Waals surface area contributed by atoms with Crippen LogP contribution in [0.3, 0.4) is 0 Å². The molecule has 0 fully saturated rings. The lowest BCUT2D eigenvalue weighted by Crippen LogP contribution is -2.43. The topological polar surface area (TPSA) is 63.4 Å². The number of aliphatic imine (C=N–C) groups is 1. The van der Waals surface area contributed by atoms with E-state index >= 15 is 0 Å². The summed E-state index contributed by atoms with van der Waals surface area (Å²) >= 11 is 0. The Morgan fingerprint density at radius 1 is 1.09 bits per heavy atom. The van der Waals surface area contributed by atoms with E-state index in [4.69, 9.17) is 4.99 Å². The summed E-state index contributed by atoms with van der Waals surface area (Å²) in [6.45, 7) is 4.18. The molecule has 33 heavy (non-hydrogen) atoms. The molecule has 9 heteroatoms. The molecule has 0 saturated heterocycles. The molecule has 1 amide bonds. The van der Waals surface area contributed by atoms with Crippen LogP contribution in [-0.4, -0.2) is 32.9 Å². The molecule has 1 aromatic carbocycles. The Labute approximate surface area is 188 Å². The number of allylic oxidation sites excluding steroid dienone is 1. The van der Waals surface area contributed by atoms with Gasteiger partial charge >= 0.3 is 6.18 Å². The average Bonchev–Trinajstić information content (AvgIpc) is 3.40. The standard InChI is InChI=1S/C24H20F3N5O/c1-14-11-20(19-5-3-4-10-28-19)30-21(14)18-12-29-32-15(2)13-31(23(33)22(18)32)17-8-6-16(7-9-17)24(25,26)27/h3-10,12,15H,11,13H2,1-2H3/t15-/m0/s1. The van der Waals surface area contributed by atoms with Gasteiger partial charge < -0.3 is 4.90 Å². The third-order valence-electron chi connectivity index (χ3n) is 5.91. The van der Waals surface area contributed by atoms with Crippen molar-refractivity contribution >= 4 is 23.0 Å². The van der Waals surface area contributed by atoms with Gasteiger partial charge in [-0.05, 0) is 55.8 Å². The molecule has 1 atom stereocenters. The molecule has 0 spiro atoms. The molecule has 5 rings (SSSR count). The Bertz CT molecular complexity index is 1290. The molecule has 2 aromatic heterocycles. The van der Waals surface area contributed by atoms with Crippen LogP contribution in [0.15, 0.2) is 65.4 Å². The third kappa shape index (κ3) is 3.63. The first-order valence-electron chi connectivity index (χ1n) is 10.5. The van der Waals surface area contributed by atoms with Crippen LogP contribution >= 0.6 is 0 Å². The quantitative estimate of drug-likeness (QED) is 0.554. The number of benzene rings is 1. The van der Waals surface area contributed by atoms with Crippen LogP contribution in [0, 0.1) is 0 Å². The third-order valence-corrected chi connectivity index (χ3v) is 5.91. The molecule has 0 radical (unpaired) electrons. The Morgan fingerprint density at radius 2 is 1.85 bits per heavy atom. The summed E-state index contributed by atoms with van der Waals surface area (Å²) in [5, 5.41) is 4.44. The Hall–Kier alpha value is -3.75. The van der Waals surface area contributed by atoms with Crippen molar-refractivity contribution in [3.63, 3.8) is 0 Å². The highest BCUT2D eigenvalue weighted by Crippen LogP contribution is 2.37. The van der Waals surface area contributed by atoms with Crippen molar-refractivity contribution in [1.82, 2.24) is 14.8 Å². The van der Waals surface area contributed by atoms with E-state index < -0.39 is 11.7 Å².